The van der Waals surface area contributed by atoms with E-state index in [0.717, 1.165) is 88.9 Å². The van der Waals surface area contributed by atoms with E-state index in [1.165, 1.54) is 28.6 Å². The van der Waals surface area contributed by atoms with E-state index in [1.54, 1.807) is 6.26 Å². The van der Waals surface area contributed by atoms with E-state index in [9.17, 15) is 13.2 Å². The van der Waals surface area contributed by atoms with E-state index in [1.807, 2.05) is 6.08 Å². The van der Waals surface area contributed by atoms with E-state index in [-0.39, 0.29) is 120 Å². The Morgan fingerprint density at radius 3 is 1.43 bits per heavy atom. The van der Waals surface area contributed by atoms with Gasteiger partial charge in [-0.05, 0) is 169 Å². The molecule has 0 saturated carbocycles. The van der Waals surface area contributed by atoms with Crippen molar-refractivity contribution >= 4 is 139 Å². The predicted molar refractivity (Wildman–Crippen MR) is 456 cm³/mol. The minimum atomic E-state index is -3.61. The Morgan fingerprint density at radius 2 is 1.03 bits per heavy atom. The van der Waals surface area contributed by atoms with Gasteiger partial charge in [0.05, 0.1) is 79.5 Å². The molecule has 2 aromatic rings. The van der Waals surface area contributed by atoms with Crippen LogP contribution in [0.1, 0.15) is 222 Å². The summed E-state index contributed by atoms with van der Waals surface area (Å²) in [5.41, 5.74) is 6.41. The standard InChI is InChI=1S/C37H62BINO6PSSi.C25H45BNO8PS2Si.C13H21IO2/c1-23-16-28(14-15-42-38(47)48)43-29(17-23)18-30-19-31(46-49(9,10)37(6,7)8)20-34(44-30)32-22-41-35(40-32)13-11-12-33-26(4)25(3)27(5)36(45-33)24(2)21-39;1-17-10-18(8-9-31-26(36)37)33-19(11-17)12-20-13-21(35-39(6,7)25(2,3)4)14-23(34-20)22-15-30-24(27-22)16-32-38(5,28)29;1-8(7-14)13-11(4)9(2)10(3)12(16-13)5-6-15/h11,13,21-22,25-31,33-34,36,48H,1,12,14-20,47H2,2-10H3;15,18-21,23,37H,1,8-14,16,36H2,2-7H3;6-7,9-13H,5H2,1-4H3/b13-11+,24-21+;;8-7+/t25-,26+,27+,28-,29+,30+,31+,33+,34+,36-;18-,19+,20+,21+,23+;9-,10+,11+,12+,13-/m000/s1. The molecule has 8 rings (SSSR count). The molecule has 6 aliphatic heterocycles. The van der Waals surface area contributed by atoms with Crippen LogP contribution in [0.3, 0.4) is 0 Å². The second kappa shape index (κ2) is 42.3. The van der Waals surface area contributed by atoms with Gasteiger partial charge in [0.25, 0.3) is 10.1 Å². The molecule has 8 heterocycles. The maximum Gasteiger partial charge on any atom is 0.380 e. The van der Waals surface area contributed by atoms with Crippen molar-refractivity contribution in [1.29, 1.82) is 0 Å². The summed E-state index contributed by atoms with van der Waals surface area (Å²) in [6.07, 6.45) is 20.3. The molecule has 0 bridgehead atoms. The number of ether oxygens (including phenoxy) is 6. The van der Waals surface area contributed by atoms with Crippen LogP contribution >= 0.6 is 88.4 Å². The van der Waals surface area contributed by atoms with E-state index >= 15 is 0 Å². The van der Waals surface area contributed by atoms with E-state index in [0.29, 0.717) is 79.6 Å². The fraction of sp³-hybridized carbons (Fsp3) is 0.773. The summed E-state index contributed by atoms with van der Waals surface area (Å²) in [6.45, 7) is 50.3. The van der Waals surface area contributed by atoms with Crippen molar-refractivity contribution in [1.82, 2.24) is 9.97 Å². The first-order valence-corrected chi connectivity index (χ1v) is 50.1. The SMILES string of the molecule is C/C(=C\I)[C@@H]1O[C@H](CC=O)[C@H](C)[C@H](C)[C@H]1C.C=C1C[C@H](C[C@@H]2C[C@@H](O[Si](C)(C)C(C)(C)C)C[C@H](c3coc(/C=C/C[C@H]4O[C@@H](/C(C)=C/I)[C@H](C)[C@@H](C)[C@H]4C)n3)O2)O[C@@H](CCOB(P)S)C1.C=C1C[C@H](C[C@@H]2C[C@@H](O[Si](C)(C)C(C)(C)C)C[C@H](c3coc(COS(C)(=O)=O)n3)O2)O[C@@H](CCOB(P)S)C1. The molecule has 6 saturated heterocycles. The monoisotopic (exact) mass is 1800 g/mol. The molecule has 0 radical (unpaired) electrons. The first-order valence-electron chi connectivity index (χ1n) is 37.6. The van der Waals surface area contributed by atoms with Crippen LogP contribution in [0.2, 0.25) is 36.3 Å². The third kappa shape index (κ3) is 29.1. The third-order valence-corrected chi connectivity index (χ3v) is 35.3. The van der Waals surface area contributed by atoms with Crippen molar-refractivity contribution in [2.45, 2.75) is 315 Å². The number of carbonyl (C=O) groups is 1. The zero-order valence-corrected chi connectivity index (χ0v) is 77.0. The maximum atomic E-state index is 11.4. The lowest BCUT2D eigenvalue weighted by molar-refractivity contribution is -0.131. The highest BCUT2D eigenvalue weighted by Gasteiger charge is 2.46. The average molecular weight is 1800 g/mol. The highest BCUT2D eigenvalue weighted by atomic mass is 127. The lowest BCUT2D eigenvalue weighted by atomic mass is 9.74. The van der Waals surface area contributed by atoms with Crippen LogP contribution in [0.5, 0.6) is 0 Å². The summed E-state index contributed by atoms with van der Waals surface area (Å²) in [7, 11) is -2.57. The van der Waals surface area contributed by atoms with Gasteiger partial charge >= 0.3 is 11.8 Å². The van der Waals surface area contributed by atoms with Gasteiger partial charge in [0.15, 0.2) is 16.6 Å². The fourth-order valence-corrected chi connectivity index (χ4v) is 18.7. The smallest absolute Gasteiger partial charge is 0.380 e. The van der Waals surface area contributed by atoms with Gasteiger partial charge in [0.2, 0.25) is 11.8 Å². The van der Waals surface area contributed by atoms with Gasteiger partial charge < -0.3 is 60.2 Å². The number of hydrogen-bond donors (Lipinski definition) is 2. The zero-order valence-electron chi connectivity index (χ0n) is 65.8. The number of nitrogens with zero attached hydrogens (tertiary/aromatic N) is 2. The Hall–Kier alpha value is -0.116. The molecule has 18 nitrogen and oxygen atoms in total. The first-order chi connectivity index (χ1) is 48.5. The zero-order chi connectivity index (χ0) is 77.4. The highest BCUT2D eigenvalue weighted by Crippen LogP contribution is 2.46. The number of thiol groups is 2. The van der Waals surface area contributed by atoms with Gasteiger partial charge in [-0.1, -0.05) is 159 Å². The summed E-state index contributed by atoms with van der Waals surface area (Å²) >= 11 is 13.1. The highest BCUT2D eigenvalue weighted by molar-refractivity contribution is 14.1. The number of hydrogen-bond acceptors (Lipinski definition) is 20. The minimum Gasteiger partial charge on any atom is -0.446 e. The summed E-state index contributed by atoms with van der Waals surface area (Å²) in [5, 5.41) is 0.189. The summed E-state index contributed by atoms with van der Waals surface area (Å²) < 4.78 is 107. The molecule has 0 N–H and O–H groups in total. The van der Waals surface area contributed by atoms with E-state index in [4.69, 9.17) is 64.6 Å². The number of rotatable bonds is 28. The maximum absolute atomic E-state index is 11.4. The first kappa shape index (κ1) is 92.8. The summed E-state index contributed by atoms with van der Waals surface area (Å²) in [4.78, 5) is 20.0. The van der Waals surface area contributed by atoms with Gasteiger partial charge in [0.1, 0.15) is 49.0 Å². The van der Waals surface area contributed by atoms with Crippen molar-refractivity contribution < 1.29 is 72.8 Å². The van der Waals surface area contributed by atoms with Crippen LogP contribution in [0.4, 0.5) is 0 Å². The van der Waals surface area contributed by atoms with Crippen LogP contribution in [0, 0.1) is 35.5 Å². The molecule has 6 fully saturated rings. The Morgan fingerprint density at radius 1 is 0.615 bits per heavy atom. The van der Waals surface area contributed by atoms with E-state index in [2.05, 4.69) is 244 Å². The second-order valence-electron chi connectivity index (χ2n) is 33.4. The molecule has 590 valence electrons. The lowest BCUT2D eigenvalue weighted by Crippen LogP contribution is -2.47. The van der Waals surface area contributed by atoms with E-state index < -0.39 is 26.8 Å². The van der Waals surface area contributed by atoms with Gasteiger partial charge in [0, 0.05) is 45.3 Å². The molecule has 104 heavy (non-hydrogen) atoms. The number of oxazole rings is 2. The molecule has 6 aliphatic rings. The van der Waals surface area contributed by atoms with Crippen LogP contribution < -0.4 is 0 Å². The van der Waals surface area contributed by atoms with Crippen molar-refractivity contribution in [3.05, 3.63) is 85.4 Å². The Bertz CT molecular complexity index is 3230. The quantitative estimate of drug-likeness (QED) is 0.0155. The second-order valence-corrected chi connectivity index (χ2v) is 49.2. The molecular weight excluding hydrogens is 1670 g/mol. The summed E-state index contributed by atoms with van der Waals surface area (Å²) in [6, 6.07) is 0. The average Bonchev–Trinajstić information content (AvgIpc) is 0.957. The van der Waals surface area contributed by atoms with Crippen LogP contribution in [-0.2, 0) is 72.3 Å². The Labute approximate surface area is 671 Å². The molecular formula is C75H128B2I2N2O16P2S3Si2. The Kier molecular flexibility index (Phi) is 37.7. The van der Waals surface area contributed by atoms with Gasteiger partial charge in [-0.25, -0.2) is 9.97 Å². The number of carbonyl (C=O) groups excluding carboxylic acids is 1. The number of aromatic nitrogens is 2. The van der Waals surface area contributed by atoms with Crippen LogP contribution in [-0.4, -0.2) is 146 Å². The molecule has 2 unspecified atom stereocenters. The molecule has 22 atom stereocenters. The number of halogens is 2. The molecule has 29 heteroatoms. The van der Waals surface area contributed by atoms with Gasteiger partial charge in [-0.2, -0.15) is 33.4 Å². The molecule has 0 aromatic carbocycles. The fourth-order valence-electron chi connectivity index (χ4n) is 14.4. The number of aldehydes is 1. The molecule has 0 spiro atoms. The van der Waals surface area contributed by atoms with Crippen molar-refractivity contribution in [3.8, 4) is 0 Å². The van der Waals surface area contributed by atoms with Crippen LogP contribution in [0.15, 0.2) is 71.1 Å². The lowest BCUT2D eigenvalue weighted by Gasteiger charge is -2.44. The topological polar surface area (TPSA) is 205 Å². The van der Waals surface area contributed by atoms with Gasteiger partial charge in [-0.15, -0.1) is 18.2 Å². The largest absolute Gasteiger partial charge is 0.446 e. The normalized spacial score (nSPS) is 32.3. The molecule has 0 aliphatic carbocycles. The molecule has 0 amide bonds. The van der Waals surface area contributed by atoms with Crippen molar-refractivity contribution in [2.75, 3.05) is 19.5 Å². The minimum absolute atomic E-state index is 0.00701. The van der Waals surface area contributed by atoms with Crippen molar-refractivity contribution in [2.24, 2.45) is 35.5 Å². The third-order valence-electron chi connectivity index (χ3n) is 23.1. The van der Waals surface area contributed by atoms with Crippen molar-refractivity contribution in [3.63, 3.8) is 0 Å². The summed E-state index contributed by atoms with van der Waals surface area (Å²) in [5.74, 6) is 3.53. The van der Waals surface area contributed by atoms with Crippen LogP contribution in [0.25, 0.3) is 6.08 Å². The predicted octanol–water partition coefficient (Wildman–Crippen LogP) is 19.4. The Balaban J connectivity index is 0.000000274. The van der Waals surface area contributed by atoms with Gasteiger partial charge in [-0.3, -0.25) is 4.18 Å². The molecule has 2 aromatic heterocycles.